The van der Waals surface area contributed by atoms with E-state index in [2.05, 4.69) is 32.5 Å². The zero-order valence-electron chi connectivity index (χ0n) is 20.9. The molecule has 34 heavy (non-hydrogen) atoms. The van der Waals surface area contributed by atoms with E-state index in [-0.39, 0.29) is 5.60 Å². The first kappa shape index (κ1) is 23.6. The molecule has 0 saturated carbocycles. The van der Waals surface area contributed by atoms with Gasteiger partial charge >= 0.3 is 0 Å². The number of ether oxygens (including phenoxy) is 2. The summed E-state index contributed by atoms with van der Waals surface area (Å²) in [6.07, 6.45) is 4.42. The van der Waals surface area contributed by atoms with E-state index in [1.54, 1.807) is 14.2 Å². The summed E-state index contributed by atoms with van der Waals surface area (Å²) in [5.74, 6) is 2.24. The zero-order valence-corrected chi connectivity index (χ0v) is 20.9. The lowest BCUT2D eigenvalue weighted by Crippen LogP contribution is -2.32. The second-order valence-corrected chi connectivity index (χ2v) is 9.16. The molecule has 4 aromatic rings. The first-order valence-corrected chi connectivity index (χ1v) is 11.3. The van der Waals surface area contributed by atoms with Gasteiger partial charge in [-0.2, -0.15) is 5.10 Å². The predicted octanol–water partition coefficient (Wildman–Crippen LogP) is 4.48. The SMILES string of the molecule is COc1cc(-c2cn(C)nc2C)ccc1Cc1ncc2cc(C)nc(NCC(C)(C)OC)c2n1. The van der Waals surface area contributed by atoms with Crippen LogP contribution in [0, 0.1) is 13.8 Å². The Hall–Kier alpha value is -3.52. The molecule has 0 unspecified atom stereocenters. The molecule has 1 N–H and O–H groups in total. The molecule has 0 atom stereocenters. The molecule has 8 nitrogen and oxygen atoms in total. The number of nitrogens with zero attached hydrogens (tertiary/aromatic N) is 5. The molecule has 178 valence electrons. The van der Waals surface area contributed by atoms with Gasteiger partial charge in [0, 0.05) is 61.7 Å². The van der Waals surface area contributed by atoms with Crippen molar-refractivity contribution >= 4 is 16.7 Å². The molecule has 0 fully saturated rings. The summed E-state index contributed by atoms with van der Waals surface area (Å²) in [4.78, 5) is 14.2. The average Bonchev–Trinajstić information content (AvgIpc) is 3.15. The Labute approximate surface area is 200 Å². The second kappa shape index (κ2) is 9.38. The Kier molecular flexibility index (Phi) is 6.52. The number of pyridine rings is 1. The Bertz CT molecular complexity index is 1330. The third-order valence-corrected chi connectivity index (χ3v) is 5.94. The van der Waals surface area contributed by atoms with Crippen molar-refractivity contribution in [3.8, 4) is 16.9 Å². The summed E-state index contributed by atoms with van der Waals surface area (Å²) in [7, 11) is 5.32. The Morgan fingerprint density at radius 2 is 1.88 bits per heavy atom. The standard InChI is InChI=1S/C26H32N6O2/c1-16-10-20-13-27-23(30-24(20)25(29-16)28-15-26(3,4)34-7)12-19-9-8-18(11-22(19)33-6)21-14-32(5)31-17(21)2/h8-11,13-14H,12,15H2,1-7H3,(H,28,29). The maximum Gasteiger partial charge on any atom is 0.153 e. The summed E-state index contributed by atoms with van der Waals surface area (Å²) in [5, 5.41) is 8.80. The second-order valence-electron chi connectivity index (χ2n) is 9.16. The summed E-state index contributed by atoms with van der Waals surface area (Å²) in [6, 6.07) is 8.21. The molecule has 3 aromatic heterocycles. The van der Waals surface area contributed by atoms with Gasteiger partial charge in [-0.3, -0.25) is 4.68 Å². The van der Waals surface area contributed by atoms with E-state index in [0.29, 0.717) is 18.8 Å². The van der Waals surface area contributed by atoms with E-state index >= 15 is 0 Å². The number of rotatable bonds is 8. The fraction of sp³-hybridized carbons (Fsp3) is 0.385. The third-order valence-electron chi connectivity index (χ3n) is 5.94. The van der Waals surface area contributed by atoms with Crippen LogP contribution >= 0.6 is 0 Å². The lowest BCUT2D eigenvalue weighted by Gasteiger charge is -2.23. The van der Waals surface area contributed by atoms with Crippen LogP contribution in [0.2, 0.25) is 0 Å². The fourth-order valence-electron chi connectivity index (χ4n) is 3.90. The number of aryl methyl sites for hydroxylation is 3. The molecule has 0 aliphatic rings. The number of anilines is 1. The highest BCUT2D eigenvalue weighted by molar-refractivity contribution is 5.88. The molecule has 0 spiro atoms. The lowest BCUT2D eigenvalue weighted by atomic mass is 10.0. The van der Waals surface area contributed by atoms with Crippen molar-refractivity contribution in [1.29, 1.82) is 0 Å². The first-order valence-electron chi connectivity index (χ1n) is 11.3. The maximum absolute atomic E-state index is 5.72. The van der Waals surface area contributed by atoms with Crippen LogP contribution in [-0.4, -0.2) is 51.1 Å². The minimum Gasteiger partial charge on any atom is -0.496 e. The number of methoxy groups -OCH3 is 2. The van der Waals surface area contributed by atoms with Crippen LogP contribution in [0.3, 0.4) is 0 Å². The number of hydrogen-bond donors (Lipinski definition) is 1. The minimum absolute atomic E-state index is 0.324. The third kappa shape index (κ3) is 5.02. The van der Waals surface area contributed by atoms with Crippen LogP contribution in [-0.2, 0) is 18.2 Å². The van der Waals surface area contributed by atoms with Gasteiger partial charge in [-0.15, -0.1) is 0 Å². The maximum atomic E-state index is 5.72. The van der Waals surface area contributed by atoms with E-state index in [0.717, 1.165) is 50.5 Å². The molecular weight excluding hydrogens is 428 g/mol. The summed E-state index contributed by atoms with van der Waals surface area (Å²) < 4.78 is 13.1. The van der Waals surface area contributed by atoms with Gasteiger partial charge in [0.05, 0.1) is 18.4 Å². The molecule has 1 aromatic carbocycles. The monoisotopic (exact) mass is 460 g/mol. The largest absolute Gasteiger partial charge is 0.496 e. The normalized spacial score (nSPS) is 11.7. The van der Waals surface area contributed by atoms with Gasteiger partial charge in [-0.1, -0.05) is 12.1 Å². The van der Waals surface area contributed by atoms with Crippen molar-refractivity contribution in [1.82, 2.24) is 24.7 Å². The van der Waals surface area contributed by atoms with Gasteiger partial charge in [0.1, 0.15) is 17.1 Å². The minimum atomic E-state index is -0.324. The van der Waals surface area contributed by atoms with Crippen LogP contribution < -0.4 is 10.1 Å². The fourth-order valence-corrected chi connectivity index (χ4v) is 3.90. The van der Waals surface area contributed by atoms with Crippen LogP contribution in [0.25, 0.3) is 22.0 Å². The van der Waals surface area contributed by atoms with Gasteiger partial charge < -0.3 is 14.8 Å². The lowest BCUT2D eigenvalue weighted by molar-refractivity contribution is 0.0343. The smallest absolute Gasteiger partial charge is 0.153 e. The van der Waals surface area contributed by atoms with Gasteiger partial charge in [-0.25, -0.2) is 15.0 Å². The van der Waals surface area contributed by atoms with E-state index in [1.165, 1.54) is 0 Å². The number of aromatic nitrogens is 5. The number of fused-ring (bicyclic) bond motifs is 1. The average molecular weight is 461 g/mol. The topological polar surface area (TPSA) is 87.0 Å². The molecule has 4 rings (SSSR count). The molecule has 0 amide bonds. The molecule has 0 bridgehead atoms. The zero-order chi connectivity index (χ0) is 24.5. The Morgan fingerprint density at radius 3 is 2.56 bits per heavy atom. The van der Waals surface area contributed by atoms with Crippen LogP contribution in [0.15, 0.2) is 36.7 Å². The molecule has 0 aliphatic carbocycles. The highest BCUT2D eigenvalue weighted by Crippen LogP contribution is 2.30. The highest BCUT2D eigenvalue weighted by atomic mass is 16.5. The Balaban J connectivity index is 1.66. The van der Waals surface area contributed by atoms with E-state index in [1.807, 2.05) is 64.0 Å². The Morgan fingerprint density at radius 1 is 1.09 bits per heavy atom. The van der Waals surface area contributed by atoms with Crippen LogP contribution in [0.1, 0.15) is 36.6 Å². The van der Waals surface area contributed by atoms with Crippen molar-refractivity contribution in [2.45, 2.75) is 39.7 Å². The van der Waals surface area contributed by atoms with Crippen molar-refractivity contribution in [2.75, 3.05) is 26.1 Å². The highest BCUT2D eigenvalue weighted by Gasteiger charge is 2.18. The van der Waals surface area contributed by atoms with Crippen molar-refractivity contribution in [3.63, 3.8) is 0 Å². The van der Waals surface area contributed by atoms with Crippen molar-refractivity contribution in [2.24, 2.45) is 7.05 Å². The van der Waals surface area contributed by atoms with Gasteiger partial charge in [0.25, 0.3) is 0 Å². The molecule has 0 radical (unpaired) electrons. The van der Waals surface area contributed by atoms with E-state index in [9.17, 15) is 0 Å². The first-order chi connectivity index (χ1) is 16.2. The molecule has 0 aliphatic heterocycles. The molecular formula is C26H32N6O2. The molecule has 8 heteroatoms. The summed E-state index contributed by atoms with van der Waals surface area (Å²) >= 11 is 0. The number of nitrogens with one attached hydrogen (secondary N) is 1. The van der Waals surface area contributed by atoms with Gasteiger partial charge in [-0.05, 0) is 45.4 Å². The summed E-state index contributed by atoms with van der Waals surface area (Å²) in [6.45, 7) is 8.64. The van der Waals surface area contributed by atoms with Crippen molar-refractivity contribution < 1.29 is 9.47 Å². The van der Waals surface area contributed by atoms with E-state index in [4.69, 9.17) is 14.5 Å². The van der Waals surface area contributed by atoms with Gasteiger partial charge in [0.15, 0.2) is 5.82 Å². The van der Waals surface area contributed by atoms with Crippen LogP contribution in [0.4, 0.5) is 5.82 Å². The van der Waals surface area contributed by atoms with E-state index < -0.39 is 0 Å². The van der Waals surface area contributed by atoms with Crippen molar-refractivity contribution in [3.05, 3.63) is 59.4 Å². The molecule has 3 heterocycles. The van der Waals surface area contributed by atoms with Gasteiger partial charge in [0.2, 0.25) is 0 Å². The summed E-state index contributed by atoms with van der Waals surface area (Å²) in [5.41, 5.74) is 5.53. The number of hydrogen-bond acceptors (Lipinski definition) is 7. The quantitative estimate of drug-likeness (QED) is 0.415. The van der Waals surface area contributed by atoms with Crippen LogP contribution in [0.5, 0.6) is 5.75 Å². The predicted molar refractivity (Wildman–Crippen MR) is 134 cm³/mol. The number of benzene rings is 1. The molecule has 0 saturated heterocycles.